The van der Waals surface area contributed by atoms with E-state index in [9.17, 15) is 24.0 Å². The third kappa shape index (κ3) is 9.49. The molecule has 1 unspecified atom stereocenters. The number of likely N-dealkylation sites (tertiary alicyclic amines) is 1. The molecule has 1 heterocycles. The molecule has 0 radical (unpaired) electrons. The van der Waals surface area contributed by atoms with Crippen molar-refractivity contribution in [2.45, 2.75) is 58.3 Å². The minimum atomic E-state index is -1.21. The van der Waals surface area contributed by atoms with Gasteiger partial charge in [0.25, 0.3) is 5.91 Å². The molecule has 0 aliphatic carbocycles. The number of nitrogens with zero attached hydrogens (tertiary/aromatic N) is 1. The minimum Gasteiger partial charge on any atom is -0.451 e. The third-order valence-electron chi connectivity index (χ3n) is 4.14. The van der Waals surface area contributed by atoms with Gasteiger partial charge in [0.15, 0.2) is 6.10 Å². The molecule has 0 bridgehead atoms. The highest BCUT2D eigenvalue weighted by Gasteiger charge is 2.35. The number of carbonyl (C=O) groups is 5. The number of carbonyl (C=O) groups excluding carboxylic acids is 5. The zero-order valence-electron chi connectivity index (χ0n) is 18.5. The molecule has 174 valence electrons. The molecule has 1 fully saturated rings. The highest BCUT2D eigenvalue weighted by molar-refractivity contribution is 5.90. The van der Waals surface area contributed by atoms with Crippen LogP contribution in [0.4, 0.5) is 4.79 Å². The van der Waals surface area contributed by atoms with Crippen molar-refractivity contribution in [2.24, 2.45) is 0 Å². The maximum Gasteiger partial charge on any atom is 0.408 e. The van der Waals surface area contributed by atoms with Crippen molar-refractivity contribution in [3.05, 3.63) is 12.7 Å². The summed E-state index contributed by atoms with van der Waals surface area (Å²) in [5.41, 5.74) is -0.695. The van der Waals surface area contributed by atoms with Gasteiger partial charge < -0.3 is 30.3 Å². The first-order chi connectivity index (χ1) is 14.4. The van der Waals surface area contributed by atoms with Gasteiger partial charge in [-0.25, -0.2) is 4.79 Å². The van der Waals surface area contributed by atoms with Crippen LogP contribution in [0.3, 0.4) is 0 Å². The molecule has 0 saturated carbocycles. The van der Waals surface area contributed by atoms with E-state index in [1.807, 2.05) is 0 Å². The Labute approximate surface area is 181 Å². The van der Waals surface area contributed by atoms with Crippen LogP contribution >= 0.6 is 0 Å². The zero-order chi connectivity index (χ0) is 23.6. The second kappa shape index (κ2) is 11.9. The van der Waals surface area contributed by atoms with E-state index < -0.39 is 47.5 Å². The predicted molar refractivity (Wildman–Crippen MR) is 111 cm³/mol. The van der Waals surface area contributed by atoms with Crippen LogP contribution in [-0.2, 0) is 28.7 Å². The van der Waals surface area contributed by atoms with Gasteiger partial charge in [0.05, 0.1) is 6.54 Å². The van der Waals surface area contributed by atoms with E-state index in [1.165, 1.54) is 11.0 Å². The van der Waals surface area contributed by atoms with Crippen LogP contribution in [0.5, 0.6) is 0 Å². The summed E-state index contributed by atoms with van der Waals surface area (Å²) in [7, 11) is 0. The first kappa shape index (κ1) is 25.9. The molecule has 0 aromatic carbocycles. The lowest BCUT2D eigenvalue weighted by Crippen LogP contribution is -2.52. The molecule has 1 rings (SSSR count). The average molecular weight is 440 g/mol. The lowest BCUT2D eigenvalue weighted by Gasteiger charge is -2.25. The molecule has 0 aromatic rings. The monoisotopic (exact) mass is 440 g/mol. The van der Waals surface area contributed by atoms with Gasteiger partial charge in [-0.05, 0) is 33.6 Å². The number of hydrogen-bond acceptors (Lipinski definition) is 7. The van der Waals surface area contributed by atoms with Crippen molar-refractivity contribution in [3.8, 4) is 0 Å². The van der Waals surface area contributed by atoms with Crippen LogP contribution < -0.4 is 16.0 Å². The van der Waals surface area contributed by atoms with E-state index >= 15 is 0 Å². The summed E-state index contributed by atoms with van der Waals surface area (Å²) < 4.78 is 10.0. The highest BCUT2D eigenvalue weighted by atomic mass is 16.6. The number of amides is 4. The van der Waals surface area contributed by atoms with Crippen molar-refractivity contribution in [1.29, 1.82) is 0 Å². The van der Waals surface area contributed by atoms with Gasteiger partial charge in [0.2, 0.25) is 11.8 Å². The van der Waals surface area contributed by atoms with E-state index in [0.717, 1.165) is 6.92 Å². The molecule has 11 heteroatoms. The van der Waals surface area contributed by atoms with Gasteiger partial charge in [-0.1, -0.05) is 6.08 Å². The Morgan fingerprint density at radius 2 is 1.84 bits per heavy atom. The first-order valence-electron chi connectivity index (χ1n) is 10.0. The summed E-state index contributed by atoms with van der Waals surface area (Å²) in [4.78, 5) is 61.5. The molecular weight excluding hydrogens is 408 g/mol. The molecule has 2 atom stereocenters. The van der Waals surface area contributed by atoms with E-state index in [0.29, 0.717) is 19.4 Å². The van der Waals surface area contributed by atoms with Crippen LogP contribution in [-0.4, -0.2) is 78.6 Å². The minimum absolute atomic E-state index is 0.181. The summed E-state index contributed by atoms with van der Waals surface area (Å²) in [6.45, 7) is 9.75. The van der Waals surface area contributed by atoms with Gasteiger partial charge in [-0.15, -0.1) is 6.58 Å². The molecule has 0 spiro atoms. The third-order valence-corrected chi connectivity index (χ3v) is 4.14. The molecule has 1 aliphatic heterocycles. The van der Waals surface area contributed by atoms with E-state index in [1.54, 1.807) is 20.8 Å². The smallest absolute Gasteiger partial charge is 0.408 e. The van der Waals surface area contributed by atoms with Gasteiger partial charge in [-0.2, -0.15) is 0 Å². The first-order valence-corrected chi connectivity index (χ1v) is 10.0. The van der Waals surface area contributed by atoms with Crippen LogP contribution in [0, 0.1) is 0 Å². The number of alkyl carbamates (subject to hydrolysis) is 1. The standard InChI is InChI=1S/C20H32N4O7/c1-6-9-21-18(28)15(30-13(2)25)11-22-17(27)14-8-7-10-24(14)16(26)12-23-19(29)31-20(3,4)5/h6,14-15H,1,7-12H2,2-5H3,(H,21,28)(H,22,27)(H,23,29)/t14-,15?/m0/s1. The Kier molecular flexibility index (Phi) is 9.97. The largest absolute Gasteiger partial charge is 0.451 e. The zero-order valence-corrected chi connectivity index (χ0v) is 18.5. The van der Waals surface area contributed by atoms with Crippen molar-refractivity contribution in [2.75, 3.05) is 26.2 Å². The second-order valence-electron chi connectivity index (χ2n) is 7.98. The lowest BCUT2D eigenvalue weighted by atomic mass is 10.2. The lowest BCUT2D eigenvalue weighted by molar-refractivity contribution is -0.154. The summed E-state index contributed by atoms with van der Waals surface area (Å²) >= 11 is 0. The van der Waals surface area contributed by atoms with E-state index in [2.05, 4.69) is 22.5 Å². The van der Waals surface area contributed by atoms with Crippen LogP contribution in [0.15, 0.2) is 12.7 Å². The molecule has 31 heavy (non-hydrogen) atoms. The number of esters is 1. The molecule has 11 nitrogen and oxygen atoms in total. The Morgan fingerprint density at radius 3 is 2.42 bits per heavy atom. The van der Waals surface area contributed by atoms with Crippen molar-refractivity contribution < 1.29 is 33.4 Å². The van der Waals surface area contributed by atoms with Gasteiger partial charge >= 0.3 is 12.1 Å². The quantitative estimate of drug-likeness (QED) is 0.334. The molecule has 1 saturated heterocycles. The Balaban J connectivity index is 2.62. The molecule has 4 amide bonds. The Morgan fingerprint density at radius 1 is 1.16 bits per heavy atom. The average Bonchev–Trinajstić information content (AvgIpc) is 3.15. The summed E-state index contributed by atoms with van der Waals surface area (Å²) in [6.07, 6.45) is 0.583. The topological polar surface area (TPSA) is 143 Å². The van der Waals surface area contributed by atoms with Crippen LogP contribution in [0.1, 0.15) is 40.5 Å². The SMILES string of the molecule is C=CCNC(=O)C(CNC(=O)[C@@H]1CCCN1C(=O)CNC(=O)OC(C)(C)C)OC(C)=O. The fourth-order valence-electron chi connectivity index (χ4n) is 2.89. The number of hydrogen-bond donors (Lipinski definition) is 3. The molecule has 1 aliphatic rings. The van der Waals surface area contributed by atoms with Gasteiger partial charge in [0, 0.05) is 20.0 Å². The molecular formula is C20H32N4O7. The number of nitrogens with one attached hydrogen (secondary N) is 3. The van der Waals surface area contributed by atoms with Crippen molar-refractivity contribution in [1.82, 2.24) is 20.9 Å². The van der Waals surface area contributed by atoms with Crippen molar-refractivity contribution in [3.63, 3.8) is 0 Å². The summed E-state index contributed by atoms with van der Waals surface area (Å²) in [6, 6.07) is -0.748. The van der Waals surface area contributed by atoms with Gasteiger partial charge in [-0.3, -0.25) is 19.2 Å². The van der Waals surface area contributed by atoms with E-state index in [-0.39, 0.29) is 19.6 Å². The number of ether oxygens (including phenoxy) is 2. The maximum absolute atomic E-state index is 12.6. The van der Waals surface area contributed by atoms with Crippen LogP contribution in [0.2, 0.25) is 0 Å². The fraction of sp³-hybridized carbons (Fsp3) is 0.650. The molecule has 3 N–H and O–H groups in total. The molecule has 0 aromatic heterocycles. The fourth-order valence-corrected chi connectivity index (χ4v) is 2.89. The highest BCUT2D eigenvalue weighted by Crippen LogP contribution is 2.17. The van der Waals surface area contributed by atoms with Crippen molar-refractivity contribution >= 4 is 29.8 Å². The normalized spacial score (nSPS) is 16.6. The Hall–Kier alpha value is -3.11. The maximum atomic E-state index is 12.6. The van der Waals surface area contributed by atoms with Crippen LogP contribution in [0.25, 0.3) is 0 Å². The van der Waals surface area contributed by atoms with Gasteiger partial charge in [0.1, 0.15) is 18.2 Å². The summed E-state index contributed by atoms with van der Waals surface area (Å²) in [5, 5.41) is 7.44. The predicted octanol–water partition coefficient (Wildman–Crippen LogP) is -0.148. The Bertz CT molecular complexity index is 702. The van der Waals surface area contributed by atoms with E-state index in [4.69, 9.17) is 9.47 Å². The number of rotatable bonds is 9. The summed E-state index contributed by atoms with van der Waals surface area (Å²) in [5.74, 6) is -2.14. The second-order valence-corrected chi connectivity index (χ2v) is 7.98.